The van der Waals surface area contributed by atoms with E-state index in [9.17, 15) is 10.5 Å². The monoisotopic (exact) mass is 627 g/mol. The van der Waals surface area contributed by atoms with Crippen molar-refractivity contribution in [1.29, 1.82) is 10.5 Å². The average Bonchev–Trinajstić information content (AvgIpc) is 3.50. The molecule has 1 aromatic heterocycles. The first-order valence-electron chi connectivity index (χ1n) is 16.0. The summed E-state index contributed by atoms with van der Waals surface area (Å²) in [5.74, 6) is 0. The maximum atomic E-state index is 10.0. The Kier molecular flexibility index (Phi) is 7.27. The third-order valence-electron chi connectivity index (χ3n) is 9.39. The van der Waals surface area contributed by atoms with E-state index in [1.54, 1.807) is 0 Å². The molecular formula is C44H29N3Si. The van der Waals surface area contributed by atoms with Gasteiger partial charge in [0.15, 0.2) is 8.07 Å². The number of hydrogen-bond acceptors (Lipinski definition) is 2. The highest BCUT2D eigenvalue weighted by atomic mass is 28.3. The number of aromatic nitrogens is 1. The summed E-state index contributed by atoms with van der Waals surface area (Å²) < 4.78 is 2.30. The van der Waals surface area contributed by atoms with Crippen molar-refractivity contribution in [3.63, 3.8) is 0 Å². The van der Waals surface area contributed by atoms with Crippen LogP contribution >= 0.6 is 0 Å². The molecule has 0 atom stereocenters. The van der Waals surface area contributed by atoms with Crippen LogP contribution in [-0.2, 0) is 0 Å². The lowest BCUT2D eigenvalue weighted by molar-refractivity contribution is 1.18. The van der Waals surface area contributed by atoms with E-state index < -0.39 is 8.07 Å². The molecule has 0 aliphatic rings. The lowest BCUT2D eigenvalue weighted by Crippen LogP contribution is -2.75. The van der Waals surface area contributed by atoms with Crippen molar-refractivity contribution in [3.05, 3.63) is 187 Å². The topological polar surface area (TPSA) is 52.5 Å². The molecule has 0 saturated carbocycles. The van der Waals surface area contributed by atoms with Crippen LogP contribution in [0.25, 0.3) is 38.6 Å². The lowest BCUT2D eigenvalue weighted by atomic mass is 10.0. The molecule has 8 rings (SSSR count). The van der Waals surface area contributed by atoms with E-state index in [-0.39, 0.29) is 0 Å². The molecule has 48 heavy (non-hydrogen) atoms. The van der Waals surface area contributed by atoms with Crippen molar-refractivity contribution in [2.24, 2.45) is 0 Å². The second kappa shape index (κ2) is 12.0. The van der Waals surface area contributed by atoms with E-state index in [0.29, 0.717) is 11.1 Å². The molecular weight excluding hydrogens is 599 g/mol. The molecule has 0 unspecified atom stereocenters. The molecule has 0 radical (unpaired) electrons. The van der Waals surface area contributed by atoms with Crippen LogP contribution in [0.3, 0.4) is 0 Å². The van der Waals surface area contributed by atoms with Crippen LogP contribution in [0.15, 0.2) is 176 Å². The predicted molar refractivity (Wildman–Crippen MR) is 199 cm³/mol. The molecule has 0 fully saturated rings. The summed E-state index contributed by atoms with van der Waals surface area (Å²) in [7, 11) is -2.95. The number of rotatable bonds is 6. The van der Waals surface area contributed by atoms with Crippen molar-refractivity contribution in [1.82, 2.24) is 4.57 Å². The van der Waals surface area contributed by atoms with E-state index in [2.05, 4.69) is 168 Å². The second-order valence-corrected chi connectivity index (χ2v) is 15.7. The van der Waals surface area contributed by atoms with Gasteiger partial charge >= 0.3 is 0 Å². The van der Waals surface area contributed by atoms with Crippen LogP contribution in [0.5, 0.6) is 0 Å². The summed E-state index contributed by atoms with van der Waals surface area (Å²) in [4.78, 5) is 0. The number of nitrogens with zero attached hydrogens (tertiary/aromatic N) is 3. The number of para-hydroxylation sites is 1. The summed E-state index contributed by atoms with van der Waals surface area (Å²) in [6.07, 6.45) is 0. The van der Waals surface area contributed by atoms with Gasteiger partial charge in [0, 0.05) is 16.5 Å². The van der Waals surface area contributed by atoms with Gasteiger partial charge in [-0.05, 0) is 80.4 Å². The smallest absolute Gasteiger partial charge is 0.180 e. The Hall–Kier alpha value is -6.46. The zero-order chi connectivity index (χ0) is 32.5. The van der Waals surface area contributed by atoms with Crippen molar-refractivity contribution in [3.8, 4) is 29.0 Å². The molecule has 224 valence electrons. The average molecular weight is 628 g/mol. The molecule has 0 saturated heterocycles. The third-order valence-corrected chi connectivity index (χ3v) is 14.2. The van der Waals surface area contributed by atoms with Gasteiger partial charge in [0.2, 0.25) is 0 Å². The van der Waals surface area contributed by atoms with Gasteiger partial charge in [0.1, 0.15) is 0 Å². The maximum absolute atomic E-state index is 10.0. The largest absolute Gasteiger partial charge is 0.309 e. The fraction of sp³-hybridized carbons (Fsp3) is 0. The van der Waals surface area contributed by atoms with Crippen LogP contribution < -0.4 is 20.7 Å². The zero-order valence-corrected chi connectivity index (χ0v) is 27.1. The highest BCUT2D eigenvalue weighted by molar-refractivity contribution is 7.20. The molecule has 0 aliphatic heterocycles. The van der Waals surface area contributed by atoms with E-state index in [0.717, 1.165) is 38.6 Å². The lowest BCUT2D eigenvalue weighted by Gasteiger charge is -2.36. The molecule has 7 aromatic carbocycles. The summed E-state index contributed by atoms with van der Waals surface area (Å²) >= 11 is 0. The van der Waals surface area contributed by atoms with Crippen molar-refractivity contribution in [2.75, 3.05) is 0 Å². The Morgan fingerprint density at radius 1 is 0.438 bits per heavy atom. The molecule has 0 spiro atoms. The first-order valence-corrected chi connectivity index (χ1v) is 18.0. The Morgan fingerprint density at radius 2 is 1.04 bits per heavy atom. The van der Waals surface area contributed by atoms with E-state index in [1.165, 1.54) is 20.7 Å². The van der Waals surface area contributed by atoms with Crippen molar-refractivity contribution >= 4 is 50.6 Å². The minimum atomic E-state index is -2.95. The van der Waals surface area contributed by atoms with Crippen LogP contribution in [0.4, 0.5) is 0 Å². The van der Waals surface area contributed by atoms with Crippen LogP contribution in [0.2, 0.25) is 0 Å². The van der Waals surface area contributed by atoms with Crippen LogP contribution in [-0.4, -0.2) is 12.6 Å². The van der Waals surface area contributed by atoms with Gasteiger partial charge in [-0.25, -0.2) is 0 Å². The standard InChI is InChI=1S/C44H29N3Si/c45-30-32-13-11-20-38(27-32)48(36-16-3-1-4-17-36,37-18-5-2-6-19-37)44-24-10-8-21-39(44)34-14-12-15-35(29-34)47-42-23-9-7-22-40(42)41-28-33(31-46)25-26-43(41)47/h1-29H. The van der Waals surface area contributed by atoms with Gasteiger partial charge < -0.3 is 4.57 Å². The fourth-order valence-corrected chi connectivity index (χ4v) is 12.4. The van der Waals surface area contributed by atoms with E-state index >= 15 is 0 Å². The molecule has 8 aromatic rings. The first-order chi connectivity index (χ1) is 23.7. The number of benzene rings is 7. The number of fused-ring (bicyclic) bond motifs is 3. The fourth-order valence-electron chi connectivity index (χ4n) is 7.36. The summed E-state index contributed by atoms with van der Waals surface area (Å²) in [6.45, 7) is 0. The Bertz CT molecular complexity index is 2500. The SMILES string of the molecule is N#Cc1cccc([Si](c2ccccc2)(c2ccccc2)c2ccccc2-c2cccc(-n3c4ccccc4c4cc(C#N)ccc43)c2)c1. The van der Waals surface area contributed by atoms with Gasteiger partial charge in [0.05, 0.1) is 34.3 Å². The summed E-state index contributed by atoms with van der Waals surface area (Å²) in [5, 5.41) is 26.8. The molecule has 1 heterocycles. The van der Waals surface area contributed by atoms with Gasteiger partial charge in [0.25, 0.3) is 0 Å². The van der Waals surface area contributed by atoms with Crippen LogP contribution in [0, 0.1) is 22.7 Å². The minimum Gasteiger partial charge on any atom is -0.309 e. The molecule has 3 nitrogen and oxygen atoms in total. The molecule has 4 heteroatoms. The molecule has 0 aliphatic carbocycles. The second-order valence-electron chi connectivity index (χ2n) is 12.0. The minimum absolute atomic E-state index is 0.650. The Balaban J connectivity index is 1.42. The highest BCUT2D eigenvalue weighted by Crippen LogP contribution is 2.34. The van der Waals surface area contributed by atoms with Crippen LogP contribution in [0.1, 0.15) is 11.1 Å². The Morgan fingerprint density at radius 3 is 1.79 bits per heavy atom. The third kappa shape index (κ3) is 4.64. The maximum Gasteiger partial charge on any atom is 0.180 e. The molecule has 0 amide bonds. The van der Waals surface area contributed by atoms with E-state index in [1.807, 2.05) is 24.3 Å². The summed E-state index contributed by atoms with van der Waals surface area (Å²) in [5.41, 5.74) is 6.79. The molecule has 0 bridgehead atoms. The predicted octanol–water partition coefficient (Wildman–Crippen LogP) is 7.57. The van der Waals surface area contributed by atoms with Gasteiger partial charge in [-0.15, -0.1) is 0 Å². The summed E-state index contributed by atoms with van der Waals surface area (Å²) in [6, 6.07) is 66.4. The van der Waals surface area contributed by atoms with Crippen molar-refractivity contribution < 1.29 is 0 Å². The first kappa shape index (κ1) is 29.0. The molecule has 0 N–H and O–H groups in total. The van der Waals surface area contributed by atoms with Gasteiger partial charge in [-0.1, -0.05) is 127 Å². The Labute approximate surface area is 280 Å². The van der Waals surface area contributed by atoms with Gasteiger partial charge in [-0.2, -0.15) is 10.5 Å². The quantitative estimate of drug-likeness (QED) is 0.141. The number of nitriles is 2. The van der Waals surface area contributed by atoms with E-state index in [4.69, 9.17) is 0 Å². The number of hydrogen-bond donors (Lipinski definition) is 0. The van der Waals surface area contributed by atoms with Gasteiger partial charge in [-0.3, -0.25) is 0 Å². The zero-order valence-electron chi connectivity index (χ0n) is 26.1. The normalized spacial score (nSPS) is 11.3. The van der Waals surface area contributed by atoms with Crippen molar-refractivity contribution in [2.45, 2.75) is 0 Å². The highest BCUT2D eigenvalue weighted by Gasteiger charge is 2.43.